The van der Waals surface area contributed by atoms with Gasteiger partial charge < -0.3 is 30.0 Å². The SMILES string of the molecule is CCNC(=NCc1ccc(OCCO)c(OC)c1)NCC(OC)C(C)(C)C. The monoisotopic (exact) mass is 381 g/mol. The van der Waals surface area contributed by atoms with E-state index in [0.29, 0.717) is 24.6 Å². The predicted molar refractivity (Wildman–Crippen MR) is 109 cm³/mol. The van der Waals surface area contributed by atoms with Crippen LogP contribution in [0.4, 0.5) is 0 Å². The maximum absolute atomic E-state index is 8.89. The minimum Gasteiger partial charge on any atom is -0.493 e. The minimum absolute atomic E-state index is 0.0377. The van der Waals surface area contributed by atoms with Gasteiger partial charge in [-0.25, -0.2) is 4.99 Å². The molecule has 7 nitrogen and oxygen atoms in total. The van der Waals surface area contributed by atoms with E-state index >= 15 is 0 Å². The van der Waals surface area contributed by atoms with Crippen molar-refractivity contribution in [1.82, 2.24) is 10.6 Å². The molecule has 0 aliphatic carbocycles. The Kier molecular flexibility index (Phi) is 9.96. The van der Waals surface area contributed by atoms with E-state index in [0.717, 1.165) is 18.1 Å². The van der Waals surface area contributed by atoms with Gasteiger partial charge in [-0.05, 0) is 30.0 Å². The standard InChI is InChI=1S/C20H35N3O4/c1-7-21-19(23-14-18(26-6)20(2,3)4)22-13-15-8-9-16(27-11-10-24)17(12-15)25-5/h8-9,12,18,24H,7,10-11,13-14H2,1-6H3,(H2,21,22,23). The van der Waals surface area contributed by atoms with Gasteiger partial charge >= 0.3 is 0 Å². The molecule has 0 fully saturated rings. The van der Waals surface area contributed by atoms with Gasteiger partial charge in [0.05, 0.1) is 26.4 Å². The lowest BCUT2D eigenvalue weighted by atomic mass is 9.89. The fraction of sp³-hybridized carbons (Fsp3) is 0.650. The summed E-state index contributed by atoms with van der Waals surface area (Å²) >= 11 is 0. The highest BCUT2D eigenvalue weighted by Gasteiger charge is 2.24. The summed E-state index contributed by atoms with van der Waals surface area (Å²) < 4.78 is 16.4. The summed E-state index contributed by atoms with van der Waals surface area (Å²) in [6.07, 6.45) is 0.0735. The van der Waals surface area contributed by atoms with Crippen molar-refractivity contribution in [2.45, 2.75) is 40.3 Å². The highest BCUT2D eigenvalue weighted by molar-refractivity contribution is 5.79. The van der Waals surface area contributed by atoms with E-state index in [1.807, 2.05) is 25.1 Å². The molecule has 0 radical (unpaired) electrons. The van der Waals surface area contributed by atoms with Gasteiger partial charge in [0.2, 0.25) is 0 Å². The fourth-order valence-electron chi connectivity index (χ4n) is 2.53. The number of aliphatic hydroxyl groups excluding tert-OH is 1. The van der Waals surface area contributed by atoms with Crippen LogP contribution in [0.5, 0.6) is 11.5 Å². The molecule has 0 bridgehead atoms. The molecule has 3 N–H and O–H groups in total. The third-order valence-electron chi connectivity index (χ3n) is 4.05. The molecule has 0 aliphatic rings. The maximum Gasteiger partial charge on any atom is 0.191 e. The zero-order valence-corrected chi connectivity index (χ0v) is 17.5. The summed E-state index contributed by atoms with van der Waals surface area (Å²) in [6, 6.07) is 5.67. The molecule has 27 heavy (non-hydrogen) atoms. The Morgan fingerprint density at radius 1 is 1.19 bits per heavy atom. The average Bonchev–Trinajstić information content (AvgIpc) is 2.63. The Morgan fingerprint density at radius 2 is 1.93 bits per heavy atom. The number of aliphatic imine (C=N–C) groups is 1. The second-order valence-corrected chi connectivity index (χ2v) is 7.22. The fourth-order valence-corrected chi connectivity index (χ4v) is 2.53. The number of nitrogens with zero attached hydrogens (tertiary/aromatic N) is 1. The molecule has 0 amide bonds. The van der Waals surface area contributed by atoms with E-state index in [-0.39, 0.29) is 24.7 Å². The molecule has 1 aromatic carbocycles. The van der Waals surface area contributed by atoms with E-state index in [1.54, 1.807) is 14.2 Å². The van der Waals surface area contributed by atoms with Gasteiger partial charge in [-0.1, -0.05) is 26.8 Å². The van der Waals surface area contributed by atoms with Crippen LogP contribution in [-0.2, 0) is 11.3 Å². The van der Waals surface area contributed by atoms with Crippen molar-refractivity contribution in [1.29, 1.82) is 0 Å². The summed E-state index contributed by atoms with van der Waals surface area (Å²) in [5.41, 5.74) is 1.04. The number of benzene rings is 1. The van der Waals surface area contributed by atoms with Crippen LogP contribution in [-0.4, -0.2) is 57.7 Å². The van der Waals surface area contributed by atoms with Gasteiger partial charge in [-0.15, -0.1) is 0 Å². The lowest BCUT2D eigenvalue weighted by Gasteiger charge is -2.30. The first-order valence-corrected chi connectivity index (χ1v) is 9.31. The molecule has 1 rings (SSSR count). The van der Waals surface area contributed by atoms with Crippen LogP contribution in [0.15, 0.2) is 23.2 Å². The van der Waals surface area contributed by atoms with Crippen molar-refractivity contribution in [3.05, 3.63) is 23.8 Å². The molecule has 0 saturated carbocycles. The molecule has 1 atom stereocenters. The molecular formula is C20H35N3O4. The van der Waals surface area contributed by atoms with E-state index in [1.165, 1.54) is 0 Å². The number of hydrogen-bond acceptors (Lipinski definition) is 5. The smallest absolute Gasteiger partial charge is 0.191 e. The lowest BCUT2D eigenvalue weighted by molar-refractivity contribution is 0.0205. The number of guanidine groups is 1. The van der Waals surface area contributed by atoms with Gasteiger partial charge in [-0.3, -0.25) is 0 Å². The Balaban J connectivity index is 2.79. The maximum atomic E-state index is 8.89. The average molecular weight is 382 g/mol. The van der Waals surface area contributed by atoms with Crippen molar-refractivity contribution in [2.24, 2.45) is 10.4 Å². The van der Waals surface area contributed by atoms with Crippen LogP contribution in [0.1, 0.15) is 33.3 Å². The van der Waals surface area contributed by atoms with Gasteiger partial charge in [0, 0.05) is 20.2 Å². The Labute approximate surface area is 163 Å². The number of rotatable bonds is 10. The Bertz CT molecular complexity index is 585. The first-order chi connectivity index (χ1) is 12.8. The first-order valence-electron chi connectivity index (χ1n) is 9.31. The topological polar surface area (TPSA) is 84.3 Å². The van der Waals surface area contributed by atoms with Crippen molar-refractivity contribution >= 4 is 5.96 Å². The van der Waals surface area contributed by atoms with E-state index < -0.39 is 0 Å². The molecule has 0 spiro atoms. The molecule has 1 aromatic rings. The van der Waals surface area contributed by atoms with Crippen LogP contribution in [0, 0.1) is 5.41 Å². The quantitative estimate of drug-likeness (QED) is 0.426. The molecule has 0 saturated heterocycles. The van der Waals surface area contributed by atoms with Crippen LogP contribution < -0.4 is 20.1 Å². The summed E-state index contributed by atoms with van der Waals surface area (Å²) in [4.78, 5) is 4.64. The molecule has 7 heteroatoms. The van der Waals surface area contributed by atoms with Crippen molar-refractivity contribution in [2.75, 3.05) is 40.5 Å². The minimum atomic E-state index is -0.0377. The third kappa shape index (κ3) is 8.05. The summed E-state index contributed by atoms with van der Waals surface area (Å²) in [5, 5.41) is 15.5. The number of aliphatic hydroxyl groups is 1. The zero-order chi connectivity index (χ0) is 20.3. The normalized spacial score (nSPS) is 13.2. The number of ether oxygens (including phenoxy) is 3. The van der Waals surface area contributed by atoms with E-state index in [9.17, 15) is 0 Å². The van der Waals surface area contributed by atoms with Gasteiger partial charge in [0.25, 0.3) is 0 Å². The van der Waals surface area contributed by atoms with Crippen LogP contribution in [0.2, 0.25) is 0 Å². The third-order valence-corrected chi connectivity index (χ3v) is 4.05. The van der Waals surface area contributed by atoms with Gasteiger partial charge in [-0.2, -0.15) is 0 Å². The van der Waals surface area contributed by atoms with Gasteiger partial charge in [0.1, 0.15) is 6.61 Å². The Morgan fingerprint density at radius 3 is 2.48 bits per heavy atom. The highest BCUT2D eigenvalue weighted by Crippen LogP contribution is 2.28. The molecular weight excluding hydrogens is 346 g/mol. The molecule has 0 aliphatic heterocycles. The largest absolute Gasteiger partial charge is 0.493 e. The van der Waals surface area contributed by atoms with E-state index in [2.05, 4.69) is 36.4 Å². The molecule has 154 valence electrons. The van der Waals surface area contributed by atoms with Crippen LogP contribution in [0.3, 0.4) is 0 Å². The van der Waals surface area contributed by atoms with Crippen LogP contribution >= 0.6 is 0 Å². The number of methoxy groups -OCH3 is 2. The highest BCUT2D eigenvalue weighted by atomic mass is 16.5. The van der Waals surface area contributed by atoms with Gasteiger partial charge in [0.15, 0.2) is 17.5 Å². The number of hydrogen-bond donors (Lipinski definition) is 3. The van der Waals surface area contributed by atoms with Crippen molar-refractivity contribution in [3.8, 4) is 11.5 Å². The Hall–Kier alpha value is -1.99. The second-order valence-electron chi connectivity index (χ2n) is 7.22. The predicted octanol–water partition coefficient (Wildman–Crippen LogP) is 2.18. The summed E-state index contributed by atoms with van der Waals surface area (Å²) in [6.45, 7) is 10.6. The summed E-state index contributed by atoms with van der Waals surface area (Å²) in [7, 11) is 3.32. The molecule has 0 heterocycles. The summed E-state index contributed by atoms with van der Waals surface area (Å²) in [5.74, 6) is 1.97. The van der Waals surface area contributed by atoms with Crippen molar-refractivity contribution < 1.29 is 19.3 Å². The van der Waals surface area contributed by atoms with E-state index in [4.69, 9.17) is 19.3 Å². The van der Waals surface area contributed by atoms with Crippen LogP contribution in [0.25, 0.3) is 0 Å². The molecule has 1 unspecified atom stereocenters. The zero-order valence-electron chi connectivity index (χ0n) is 17.5. The lowest BCUT2D eigenvalue weighted by Crippen LogP contribution is -2.45. The molecule has 0 aromatic heterocycles. The number of nitrogens with one attached hydrogen (secondary N) is 2. The second kappa shape index (κ2) is 11.7. The first kappa shape index (κ1) is 23.0. The van der Waals surface area contributed by atoms with Crippen molar-refractivity contribution in [3.63, 3.8) is 0 Å².